The second kappa shape index (κ2) is 9.27. The minimum atomic E-state index is -0.641. The lowest BCUT2D eigenvalue weighted by Gasteiger charge is -2.29. The lowest BCUT2D eigenvalue weighted by atomic mass is 9.73. The summed E-state index contributed by atoms with van der Waals surface area (Å²) in [6.07, 6.45) is 1.94. The molecule has 0 spiro atoms. The molecule has 0 N–H and O–H groups in total. The van der Waals surface area contributed by atoms with E-state index in [1.165, 1.54) is 0 Å². The third-order valence-electron chi connectivity index (χ3n) is 4.70. The highest BCUT2D eigenvalue weighted by Crippen LogP contribution is 2.39. The van der Waals surface area contributed by atoms with Crippen molar-refractivity contribution in [2.45, 2.75) is 45.4 Å². The summed E-state index contributed by atoms with van der Waals surface area (Å²) in [6.45, 7) is 3.62. The van der Waals surface area contributed by atoms with E-state index in [-0.39, 0.29) is 31.3 Å². The van der Waals surface area contributed by atoms with Gasteiger partial charge in [-0.3, -0.25) is 19.7 Å². The number of benzene rings is 1. The van der Waals surface area contributed by atoms with Gasteiger partial charge in [0, 0.05) is 16.9 Å². The maximum Gasteiger partial charge on any atom is 0.313 e. The van der Waals surface area contributed by atoms with E-state index in [1.54, 1.807) is 31.2 Å². The number of ketones is 1. The Labute approximate surface area is 153 Å². The fourth-order valence-electron chi connectivity index (χ4n) is 3.65. The van der Waals surface area contributed by atoms with E-state index in [2.05, 4.69) is 0 Å². The molecule has 26 heavy (non-hydrogen) atoms. The number of hydrogen-bond acceptors (Lipinski definition) is 5. The van der Waals surface area contributed by atoms with E-state index >= 15 is 0 Å². The number of carbonyl (C=O) groups excluding carboxylic acids is 2. The summed E-state index contributed by atoms with van der Waals surface area (Å²) in [7, 11) is 0. The predicted molar refractivity (Wildman–Crippen MR) is 97.3 cm³/mol. The van der Waals surface area contributed by atoms with Crippen LogP contribution in [0, 0.1) is 16.0 Å². The second-order valence-electron chi connectivity index (χ2n) is 6.43. The molecule has 0 radical (unpaired) electrons. The molecule has 1 aromatic rings. The van der Waals surface area contributed by atoms with Gasteiger partial charge in [-0.05, 0) is 30.9 Å². The van der Waals surface area contributed by atoms with Gasteiger partial charge < -0.3 is 4.74 Å². The van der Waals surface area contributed by atoms with Crippen LogP contribution in [0.5, 0.6) is 0 Å². The zero-order valence-electron chi connectivity index (χ0n) is 15.3. The van der Waals surface area contributed by atoms with Gasteiger partial charge in [-0.15, -0.1) is 0 Å². The molecule has 0 saturated carbocycles. The van der Waals surface area contributed by atoms with Crippen molar-refractivity contribution in [1.29, 1.82) is 0 Å². The molecule has 0 saturated heterocycles. The first-order valence-electron chi connectivity index (χ1n) is 9.09. The van der Waals surface area contributed by atoms with Gasteiger partial charge >= 0.3 is 5.97 Å². The van der Waals surface area contributed by atoms with Crippen LogP contribution >= 0.6 is 0 Å². The lowest BCUT2D eigenvalue weighted by Crippen LogP contribution is -2.31. The largest absolute Gasteiger partial charge is 0.466 e. The summed E-state index contributed by atoms with van der Waals surface area (Å²) in [5.74, 6) is -1.56. The van der Waals surface area contributed by atoms with Crippen molar-refractivity contribution in [2.24, 2.45) is 5.92 Å². The third kappa shape index (κ3) is 4.56. The zero-order chi connectivity index (χ0) is 19.1. The Bertz CT molecular complexity index is 695. The van der Waals surface area contributed by atoms with E-state index in [4.69, 9.17) is 4.74 Å². The highest BCUT2D eigenvalue weighted by molar-refractivity contribution is 6.00. The molecule has 2 atom stereocenters. The van der Waals surface area contributed by atoms with Crippen LogP contribution in [0.1, 0.15) is 51.0 Å². The van der Waals surface area contributed by atoms with Crippen molar-refractivity contribution in [3.05, 3.63) is 57.2 Å². The normalized spacial score (nSPS) is 18.5. The standard InChI is InChI=1S/C20H25NO5/c1-3-8-15-16(20(23)26-4-2)11-12-18(22)19(15)17(13-21(24)25)14-9-6-5-7-10-14/h5-7,9-10,16-17H,3-4,8,11-13H2,1-2H3/t16-,17+/m1/s1. The van der Waals surface area contributed by atoms with E-state index in [0.717, 1.165) is 17.6 Å². The summed E-state index contributed by atoms with van der Waals surface area (Å²) in [6, 6.07) is 9.03. The minimum absolute atomic E-state index is 0.0929. The summed E-state index contributed by atoms with van der Waals surface area (Å²) >= 11 is 0. The van der Waals surface area contributed by atoms with E-state index in [1.807, 2.05) is 13.0 Å². The molecule has 1 aromatic carbocycles. The van der Waals surface area contributed by atoms with Crippen molar-refractivity contribution in [3.63, 3.8) is 0 Å². The molecule has 6 nitrogen and oxygen atoms in total. The van der Waals surface area contributed by atoms with Crippen molar-refractivity contribution in [2.75, 3.05) is 13.2 Å². The maximum absolute atomic E-state index is 12.8. The molecule has 0 heterocycles. The highest BCUT2D eigenvalue weighted by atomic mass is 16.6. The van der Waals surface area contributed by atoms with Gasteiger partial charge in [0.05, 0.1) is 18.4 Å². The molecule has 1 aliphatic rings. The Morgan fingerprint density at radius 3 is 2.58 bits per heavy atom. The Hall–Kier alpha value is -2.50. The van der Waals surface area contributed by atoms with Crippen LogP contribution in [0.3, 0.4) is 0 Å². The lowest BCUT2D eigenvalue weighted by molar-refractivity contribution is -0.481. The molecule has 2 rings (SSSR count). The van der Waals surface area contributed by atoms with Crippen LogP contribution < -0.4 is 0 Å². The fourth-order valence-corrected chi connectivity index (χ4v) is 3.65. The summed E-state index contributed by atoms with van der Waals surface area (Å²) in [4.78, 5) is 36.1. The first-order valence-corrected chi connectivity index (χ1v) is 9.09. The third-order valence-corrected chi connectivity index (χ3v) is 4.70. The molecule has 6 heteroatoms. The molecular formula is C20H25NO5. The number of esters is 1. The molecule has 0 amide bonds. The van der Waals surface area contributed by atoms with Crippen LogP contribution in [0.2, 0.25) is 0 Å². The van der Waals surface area contributed by atoms with Crippen molar-refractivity contribution in [1.82, 2.24) is 0 Å². The van der Waals surface area contributed by atoms with Crippen LogP contribution in [0.15, 0.2) is 41.5 Å². The Morgan fingerprint density at radius 2 is 2.00 bits per heavy atom. The number of nitro groups is 1. The predicted octanol–water partition coefficient (Wildman–Crippen LogP) is 3.69. The first-order chi connectivity index (χ1) is 12.5. The van der Waals surface area contributed by atoms with E-state index < -0.39 is 16.8 Å². The number of nitrogens with zero attached hydrogens (tertiary/aromatic N) is 1. The molecule has 0 fully saturated rings. The molecule has 0 bridgehead atoms. The fraction of sp³-hybridized carbons (Fsp3) is 0.500. The average Bonchev–Trinajstić information content (AvgIpc) is 2.61. The molecule has 0 aromatic heterocycles. The van der Waals surface area contributed by atoms with Crippen LogP contribution in [-0.2, 0) is 14.3 Å². The summed E-state index contributed by atoms with van der Waals surface area (Å²) in [5.41, 5.74) is 1.89. The highest BCUT2D eigenvalue weighted by Gasteiger charge is 2.38. The van der Waals surface area contributed by atoms with Gasteiger partial charge in [0.1, 0.15) is 0 Å². The van der Waals surface area contributed by atoms with Gasteiger partial charge in [0.15, 0.2) is 5.78 Å². The molecule has 1 aliphatic carbocycles. The van der Waals surface area contributed by atoms with Crippen LogP contribution in [-0.4, -0.2) is 29.8 Å². The molecule has 140 valence electrons. The van der Waals surface area contributed by atoms with Gasteiger partial charge in [-0.25, -0.2) is 0 Å². The topological polar surface area (TPSA) is 86.5 Å². The summed E-state index contributed by atoms with van der Waals surface area (Å²) in [5, 5.41) is 11.3. The molecule has 0 aliphatic heterocycles. The molecular weight excluding hydrogens is 334 g/mol. The van der Waals surface area contributed by atoms with E-state index in [0.29, 0.717) is 18.4 Å². The smallest absolute Gasteiger partial charge is 0.313 e. The number of Topliss-reactive ketones (excluding diaryl/α,β-unsaturated/α-hetero) is 1. The summed E-state index contributed by atoms with van der Waals surface area (Å²) < 4.78 is 5.19. The van der Waals surface area contributed by atoms with Gasteiger partial charge in [-0.1, -0.05) is 43.7 Å². The van der Waals surface area contributed by atoms with Crippen molar-refractivity contribution in [3.8, 4) is 0 Å². The second-order valence-corrected chi connectivity index (χ2v) is 6.43. The Balaban J connectivity index is 2.58. The van der Waals surface area contributed by atoms with Crippen LogP contribution in [0.25, 0.3) is 0 Å². The monoisotopic (exact) mass is 359 g/mol. The number of hydrogen-bond donors (Lipinski definition) is 0. The van der Waals surface area contributed by atoms with Gasteiger partial charge in [0.2, 0.25) is 6.54 Å². The van der Waals surface area contributed by atoms with Gasteiger partial charge in [-0.2, -0.15) is 0 Å². The first kappa shape index (κ1) is 19.8. The number of ether oxygens (including phenoxy) is 1. The SMILES string of the molecule is CCCC1=C([C@@H](C[N+](=O)[O-])c2ccccc2)C(=O)CC[C@H]1C(=O)OCC. The van der Waals surface area contributed by atoms with Gasteiger partial charge in [0.25, 0.3) is 0 Å². The average molecular weight is 359 g/mol. The Kier molecular flexibility index (Phi) is 7.06. The number of carbonyl (C=O) groups is 2. The van der Waals surface area contributed by atoms with Crippen LogP contribution in [0.4, 0.5) is 0 Å². The van der Waals surface area contributed by atoms with Crippen molar-refractivity contribution >= 4 is 11.8 Å². The molecule has 0 unspecified atom stereocenters. The zero-order valence-corrected chi connectivity index (χ0v) is 15.3. The maximum atomic E-state index is 12.8. The van der Waals surface area contributed by atoms with E-state index in [9.17, 15) is 19.7 Å². The Morgan fingerprint density at radius 1 is 1.31 bits per heavy atom. The quantitative estimate of drug-likeness (QED) is 0.401. The van der Waals surface area contributed by atoms with Crippen molar-refractivity contribution < 1.29 is 19.2 Å². The number of rotatable bonds is 8. The minimum Gasteiger partial charge on any atom is -0.466 e.